The van der Waals surface area contributed by atoms with Gasteiger partial charge in [-0.05, 0) is 31.2 Å². The Morgan fingerprint density at radius 3 is 3.19 bits per heavy atom. The summed E-state index contributed by atoms with van der Waals surface area (Å²) in [5, 5.41) is 3.31. The normalized spacial score (nSPS) is 20.7. The van der Waals surface area contributed by atoms with E-state index in [-0.39, 0.29) is 0 Å². The molecule has 3 N–H and O–H groups in total. The minimum absolute atomic E-state index is 0.595. The first-order valence-corrected chi connectivity index (χ1v) is 5.79. The average Bonchev–Trinajstić information content (AvgIpc) is 2.32. The van der Waals surface area contributed by atoms with E-state index in [2.05, 4.69) is 10.3 Å². The predicted octanol–water partition coefficient (Wildman–Crippen LogP) is 1.81. The smallest absolute Gasteiger partial charge is 0.127 e. The first-order chi connectivity index (χ1) is 7.75. The van der Waals surface area contributed by atoms with E-state index in [1.54, 1.807) is 6.20 Å². The van der Waals surface area contributed by atoms with Crippen molar-refractivity contribution in [2.24, 2.45) is 5.92 Å². The molecule has 0 radical (unpaired) electrons. The molecule has 16 heavy (non-hydrogen) atoms. The largest absolute Gasteiger partial charge is 0.398 e. The minimum atomic E-state index is 0.595. The van der Waals surface area contributed by atoms with Crippen LogP contribution in [-0.2, 0) is 4.74 Å². The molecule has 2 heterocycles. The number of nitrogens with zero attached hydrogens (tertiary/aromatic N) is 1. The molecular formula is C12H19N3O. The molecule has 1 aromatic heterocycles. The zero-order valence-electron chi connectivity index (χ0n) is 9.70. The number of pyridine rings is 1. The fourth-order valence-corrected chi connectivity index (χ4v) is 1.85. The van der Waals surface area contributed by atoms with Gasteiger partial charge in [0.2, 0.25) is 0 Å². The third kappa shape index (κ3) is 2.85. The average molecular weight is 221 g/mol. The maximum atomic E-state index is 5.82. The Labute approximate surface area is 96.2 Å². The van der Waals surface area contributed by atoms with Crippen LogP contribution >= 0.6 is 0 Å². The Kier molecular flexibility index (Phi) is 3.62. The highest BCUT2D eigenvalue weighted by atomic mass is 16.5. The van der Waals surface area contributed by atoms with E-state index < -0.39 is 0 Å². The van der Waals surface area contributed by atoms with E-state index in [0.29, 0.717) is 5.92 Å². The number of nitrogens with one attached hydrogen (secondary N) is 1. The Hall–Kier alpha value is -1.29. The standard InChI is InChI=1S/C12H19N3O/c1-9-6-14-12(5-11(9)13)15-7-10-3-2-4-16-8-10/h5-6,10H,2-4,7-8H2,1H3,(H3,13,14,15). The second-order valence-corrected chi connectivity index (χ2v) is 4.39. The third-order valence-electron chi connectivity index (χ3n) is 2.97. The summed E-state index contributed by atoms with van der Waals surface area (Å²) in [6, 6.07) is 1.89. The minimum Gasteiger partial charge on any atom is -0.398 e. The molecule has 1 aromatic rings. The molecular weight excluding hydrogens is 202 g/mol. The number of anilines is 2. The van der Waals surface area contributed by atoms with Gasteiger partial charge in [-0.2, -0.15) is 0 Å². The van der Waals surface area contributed by atoms with Crippen molar-refractivity contribution in [2.75, 3.05) is 30.8 Å². The fourth-order valence-electron chi connectivity index (χ4n) is 1.85. The zero-order chi connectivity index (χ0) is 11.4. The zero-order valence-corrected chi connectivity index (χ0v) is 9.70. The number of rotatable bonds is 3. The topological polar surface area (TPSA) is 60.2 Å². The van der Waals surface area contributed by atoms with Gasteiger partial charge in [0.25, 0.3) is 0 Å². The molecule has 1 unspecified atom stereocenters. The highest BCUT2D eigenvalue weighted by Crippen LogP contribution is 2.16. The van der Waals surface area contributed by atoms with Crippen molar-refractivity contribution in [1.82, 2.24) is 4.98 Å². The molecule has 0 spiro atoms. The van der Waals surface area contributed by atoms with Gasteiger partial charge in [0.05, 0.1) is 6.61 Å². The number of ether oxygens (including phenoxy) is 1. The SMILES string of the molecule is Cc1cnc(NCC2CCCOC2)cc1N. The van der Waals surface area contributed by atoms with Crippen molar-refractivity contribution in [1.29, 1.82) is 0 Å². The predicted molar refractivity (Wildman–Crippen MR) is 65.4 cm³/mol. The van der Waals surface area contributed by atoms with Gasteiger partial charge in [0.1, 0.15) is 5.82 Å². The summed E-state index contributed by atoms with van der Waals surface area (Å²) in [4.78, 5) is 4.29. The molecule has 0 bridgehead atoms. The summed E-state index contributed by atoms with van der Waals surface area (Å²) >= 11 is 0. The summed E-state index contributed by atoms with van der Waals surface area (Å²) in [6.07, 6.45) is 4.19. The van der Waals surface area contributed by atoms with Gasteiger partial charge in [0.15, 0.2) is 0 Å². The van der Waals surface area contributed by atoms with Gasteiger partial charge in [-0.15, -0.1) is 0 Å². The highest BCUT2D eigenvalue weighted by Gasteiger charge is 2.13. The van der Waals surface area contributed by atoms with Crippen molar-refractivity contribution in [3.8, 4) is 0 Å². The van der Waals surface area contributed by atoms with Gasteiger partial charge in [0, 0.05) is 31.1 Å². The van der Waals surface area contributed by atoms with Crippen LogP contribution in [0.1, 0.15) is 18.4 Å². The maximum Gasteiger partial charge on any atom is 0.127 e. The molecule has 1 saturated heterocycles. The molecule has 0 saturated carbocycles. The monoisotopic (exact) mass is 221 g/mol. The summed E-state index contributed by atoms with van der Waals surface area (Å²) in [6.45, 7) is 4.64. The molecule has 0 aliphatic carbocycles. The maximum absolute atomic E-state index is 5.82. The molecule has 2 rings (SSSR count). The second kappa shape index (κ2) is 5.16. The van der Waals surface area contributed by atoms with Crippen molar-refractivity contribution in [2.45, 2.75) is 19.8 Å². The van der Waals surface area contributed by atoms with Crippen LogP contribution in [0.5, 0.6) is 0 Å². The van der Waals surface area contributed by atoms with Crippen molar-refractivity contribution in [3.05, 3.63) is 17.8 Å². The molecule has 1 fully saturated rings. The van der Waals surface area contributed by atoms with Crippen LogP contribution in [-0.4, -0.2) is 24.7 Å². The third-order valence-corrected chi connectivity index (χ3v) is 2.97. The number of aromatic nitrogens is 1. The molecule has 4 nitrogen and oxygen atoms in total. The number of nitrogens with two attached hydrogens (primary N) is 1. The summed E-state index contributed by atoms with van der Waals surface area (Å²) in [5.74, 6) is 1.45. The Morgan fingerprint density at radius 1 is 1.62 bits per heavy atom. The van der Waals surface area contributed by atoms with Gasteiger partial charge in [-0.3, -0.25) is 0 Å². The van der Waals surface area contributed by atoms with Crippen LogP contribution < -0.4 is 11.1 Å². The summed E-state index contributed by atoms with van der Waals surface area (Å²) in [7, 11) is 0. The van der Waals surface area contributed by atoms with Crippen molar-refractivity contribution < 1.29 is 4.74 Å². The van der Waals surface area contributed by atoms with Crippen LogP contribution in [0, 0.1) is 12.8 Å². The van der Waals surface area contributed by atoms with E-state index in [0.717, 1.165) is 43.2 Å². The molecule has 1 aliphatic rings. The quantitative estimate of drug-likeness (QED) is 0.817. The fraction of sp³-hybridized carbons (Fsp3) is 0.583. The molecule has 0 aromatic carbocycles. The van der Waals surface area contributed by atoms with E-state index in [9.17, 15) is 0 Å². The Bertz CT molecular complexity index is 348. The first kappa shape index (κ1) is 11.2. The van der Waals surface area contributed by atoms with Gasteiger partial charge in [-0.1, -0.05) is 0 Å². The Morgan fingerprint density at radius 2 is 2.50 bits per heavy atom. The lowest BCUT2D eigenvalue weighted by molar-refractivity contribution is 0.0595. The lowest BCUT2D eigenvalue weighted by atomic mass is 10.0. The number of aryl methyl sites for hydroxylation is 1. The molecule has 1 atom stereocenters. The number of hydrogen-bond acceptors (Lipinski definition) is 4. The first-order valence-electron chi connectivity index (χ1n) is 5.79. The van der Waals surface area contributed by atoms with E-state index >= 15 is 0 Å². The van der Waals surface area contributed by atoms with Gasteiger partial charge < -0.3 is 15.8 Å². The van der Waals surface area contributed by atoms with Crippen LogP contribution in [0.15, 0.2) is 12.3 Å². The lowest BCUT2D eigenvalue weighted by Crippen LogP contribution is -2.24. The van der Waals surface area contributed by atoms with Crippen LogP contribution in [0.3, 0.4) is 0 Å². The molecule has 1 aliphatic heterocycles. The van der Waals surface area contributed by atoms with Crippen LogP contribution in [0.2, 0.25) is 0 Å². The molecule has 4 heteroatoms. The lowest BCUT2D eigenvalue weighted by Gasteiger charge is -2.22. The molecule has 88 valence electrons. The second-order valence-electron chi connectivity index (χ2n) is 4.39. The summed E-state index contributed by atoms with van der Waals surface area (Å²) in [5.41, 5.74) is 7.63. The summed E-state index contributed by atoms with van der Waals surface area (Å²) < 4.78 is 5.43. The van der Waals surface area contributed by atoms with E-state index in [1.807, 2.05) is 13.0 Å². The highest BCUT2D eigenvalue weighted by molar-refractivity contribution is 5.53. The van der Waals surface area contributed by atoms with Crippen LogP contribution in [0.4, 0.5) is 11.5 Å². The molecule has 0 amide bonds. The number of hydrogen-bond donors (Lipinski definition) is 2. The Balaban J connectivity index is 1.86. The van der Waals surface area contributed by atoms with Crippen molar-refractivity contribution in [3.63, 3.8) is 0 Å². The van der Waals surface area contributed by atoms with Gasteiger partial charge >= 0.3 is 0 Å². The van der Waals surface area contributed by atoms with Crippen LogP contribution in [0.25, 0.3) is 0 Å². The van der Waals surface area contributed by atoms with E-state index in [4.69, 9.17) is 10.5 Å². The van der Waals surface area contributed by atoms with Crippen molar-refractivity contribution >= 4 is 11.5 Å². The van der Waals surface area contributed by atoms with E-state index in [1.165, 1.54) is 6.42 Å². The van der Waals surface area contributed by atoms with Gasteiger partial charge in [-0.25, -0.2) is 4.98 Å². The number of nitrogen functional groups attached to an aromatic ring is 1.